The third kappa shape index (κ3) is 3.78. The minimum atomic E-state index is -0.495. The minimum absolute atomic E-state index is 0.0395. The van der Waals surface area contributed by atoms with Crippen molar-refractivity contribution in [2.45, 2.75) is 23.2 Å². The molecule has 1 amide bonds. The van der Waals surface area contributed by atoms with Gasteiger partial charge in [-0.15, -0.1) is 0 Å². The monoisotopic (exact) mass is 423 g/mol. The first kappa shape index (κ1) is 20.0. The van der Waals surface area contributed by atoms with Gasteiger partial charge in [0.25, 0.3) is 5.56 Å². The number of nitrogens with one attached hydrogen (secondary N) is 1. The molecule has 154 valence electrons. The highest BCUT2D eigenvalue weighted by molar-refractivity contribution is 7.98. The average molecular weight is 423 g/mol. The first-order valence-corrected chi connectivity index (χ1v) is 10.4. The number of carbonyl (C=O) groups is 1. The standard InChI is InChI=1S/C22H21N3O4S/c1-25-20-19(21(28)24-22(25)30-12-13-6-4-3-5-7-13)15(11-18(27)23-20)14-8-9-17(29-2)16(26)10-14/h3-10,15,26H,11-12H2,1-2H3,(H,23,27)/t15-/m0/s1. The van der Waals surface area contributed by atoms with Gasteiger partial charge < -0.3 is 19.7 Å². The Bertz CT molecular complexity index is 1160. The number of benzene rings is 2. The topological polar surface area (TPSA) is 93.5 Å². The predicted molar refractivity (Wildman–Crippen MR) is 115 cm³/mol. The fraction of sp³-hybridized carbons (Fsp3) is 0.227. The number of phenols is 1. The van der Waals surface area contributed by atoms with Crippen molar-refractivity contribution in [3.8, 4) is 11.5 Å². The maximum absolute atomic E-state index is 13.0. The van der Waals surface area contributed by atoms with E-state index in [1.807, 2.05) is 30.3 Å². The molecule has 2 aromatic carbocycles. The molecule has 8 heteroatoms. The number of phenolic OH excluding ortho intramolecular Hbond substituents is 1. The molecule has 0 saturated heterocycles. The Kier molecular flexibility index (Phi) is 5.50. The van der Waals surface area contributed by atoms with Gasteiger partial charge in [0.2, 0.25) is 5.91 Å². The van der Waals surface area contributed by atoms with E-state index in [2.05, 4.69) is 10.3 Å². The number of nitrogens with zero attached hydrogens (tertiary/aromatic N) is 2. The molecule has 3 aromatic rings. The van der Waals surface area contributed by atoms with Crippen LogP contribution >= 0.6 is 11.8 Å². The first-order valence-electron chi connectivity index (χ1n) is 9.42. The lowest BCUT2D eigenvalue weighted by molar-refractivity contribution is -0.116. The molecule has 0 spiro atoms. The van der Waals surface area contributed by atoms with Crippen molar-refractivity contribution in [1.82, 2.24) is 9.55 Å². The molecule has 0 fully saturated rings. The molecule has 0 saturated carbocycles. The van der Waals surface area contributed by atoms with Crippen molar-refractivity contribution in [2.75, 3.05) is 12.4 Å². The molecule has 1 aliphatic rings. The van der Waals surface area contributed by atoms with E-state index in [0.717, 1.165) is 5.56 Å². The van der Waals surface area contributed by atoms with Crippen LogP contribution < -0.4 is 15.6 Å². The van der Waals surface area contributed by atoms with E-state index in [4.69, 9.17) is 4.74 Å². The summed E-state index contributed by atoms with van der Waals surface area (Å²) in [6, 6.07) is 14.8. The summed E-state index contributed by atoms with van der Waals surface area (Å²) in [4.78, 5) is 29.7. The maximum Gasteiger partial charge on any atom is 0.279 e. The summed E-state index contributed by atoms with van der Waals surface area (Å²) >= 11 is 1.44. The number of hydrogen-bond acceptors (Lipinski definition) is 6. The van der Waals surface area contributed by atoms with Gasteiger partial charge in [0.15, 0.2) is 16.7 Å². The predicted octanol–water partition coefficient (Wildman–Crippen LogP) is 3.26. The van der Waals surface area contributed by atoms with Gasteiger partial charge in [-0.05, 0) is 23.3 Å². The third-order valence-corrected chi connectivity index (χ3v) is 6.22. The zero-order valence-electron chi connectivity index (χ0n) is 16.6. The van der Waals surface area contributed by atoms with Crippen LogP contribution in [0.1, 0.15) is 29.0 Å². The number of thioether (sulfide) groups is 1. The lowest BCUT2D eigenvalue weighted by Gasteiger charge is -2.27. The highest BCUT2D eigenvalue weighted by Gasteiger charge is 2.32. The van der Waals surface area contributed by atoms with Crippen LogP contribution in [0.3, 0.4) is 0 Å². The second kappa shape index (κ2) is 8.23. The van der Waals surface area contributed by atoms with E-state index in [0.29, 0.717) is 33.6 Å². The summed E-state index contributed by atoms with van der Waals surface area (Å²) in [6.45, 7) is 0. The van der Waals surface area contributed by atoms with Crippen LogP contribution in [0.5, 0.6) is 11.5 Å². The maximum atomic E-state index is 13.0. The molecule has 0 bridgehead atoms. The van der Waals surface area contributed by atoms with E-state index < -0.39 is 5.92 Å². The summed E-state index contributed by atoms with van der Waals surface area (Å²) in [5.41, 5.74) is 1.82. The van der Waals surface area contributed by atoms with Gasteiger partial charge in [-0.3, -0.25) is 9.59 Å². The molecule has 1 aromatic heterocycles. The fourth-order valence-corrected chi connectivity index (χ4v) is 4.52. The Morgan fingerprint density at radius 1 is 1.23 bits per heavy atom. The third-order valence-electron chi connectivity index (χ3n) is 5.12. The molecule has 30 heavy (non-hydrogen) atoms. The number of ether oxygens (including phenoxy) is 1. The van der Waals surface area contributed by atoms with Gasteiger partial charge in [-0.25, -0.2) is 0 Å². The zero-order valence-corrected chi connectivity index (χ0v) is 17.4. The Labute approximate surface area is 177 Å². The summed E-state index contributed by atoms with van der Waals surface area (Å²) in [5, 5.41) is 13.5. The molecule has 0 aliphatic carbocycles. The van der Waals surface area contributed by atoms with Crippen LogP contribution in [-0.4, -0.2) is 27.7 Å². The molecule has 1 aliphatic heterocycles. The number of rotatable bonds is 5. The van der Waals surface area contributed by atoms with Gasteiger partial charge in [-0.1, -0.05) is 48.2 Å². The van der Waals surface area contributed by atoms with E-state index in [1.54, 1.807) is 23.7 Å². The van der Waals surface area contributed by atoms with Gasteiger partial charge in [0.1, 0.15) is 5.82 Å². The number of amides is 1. The summed E-state index contributed by atoms with van der Waals surface area (Å²) in [5.74, 6) is 0.708. The number of aromatic hydroxyl groups is 1. The molecule has 4 rings (SSSR count). The smallest absolute Gasteiger partial charge is 0.279 e. The van der Waals surface area contributed by atoms with Crippen molar-refractivity contribution in [3.63, 3.8) is 0 Å². The van der Waals surface area contributed by atoms with E-state index in [1.165, 1.54) is 24.9 Å². The molecule has 1 atom stereocenters. The van der Waals surface area contributed by atoms with Crippen molar-refractivity contribution < 1.29 is 14.6 Å². The highest BCUT2D eigenvalue weighted by atomic mass is 32.2. The Balaban J connectivity index is 1.73. The number of methoxy groups -OCH3 is 1. The van der Waals surface area contributed by atoms with Gasteiger partial charge >= 0.3 is 0 Å². The van der Waals surface area contributed by atoms with E-state index >= 15 is 0 Å². The van der Waals surface area contributed by atoms with Crippen molar-refractivity contribution >= 4 is 23.5 Å². The molecule has 2 N–H and O–H groups in total. The van der Waals surface area contributed by atoms with Crippen molar-refractivity contribution in [3.05, 3.63) is 75.6 Å². The molecule has 7 nitrogen and oxygen atoms in total. The summed E-state index contributed by atoms with van der Waals surface area (Å²) < 4.78 is 6.84. The van der Waals surface area contributed by atoms with Crippen LogP contribution in [0.15, 0.2) is 58.5 Å². The lowest BCUT2D eigenvalue weighted by Crippen LogP contribution is -2.33. The van der Waals surface area contributed by atoms with Crippen LogP contribution in [0.25, 0.3) is 0 Å². The van der Waals surface area contributed by atoms with Crippen molar-refractivity contribution in [1.29, 1.82) is 0 Å². The molecule has 0 radical (unpaired) electrons. The number of fused-ring (bicyclic) bond motifs is 1. The Morgan fingerprint density at radius 2 is 2.00 bits per heavy atom. The molecule has 0 unspecified atom stereocenters. The second-order valence-electron chi connectivity index (χ2n) is 7.03. The number of aromatic nitrogens is 2. The lowest BCUT2D eigenvalue weighted by atomic mass is 9.86. The van der Waals surface area contributed by atoms with Gasteiger partial charge in [-0.2, -0.15) is 4.98 Å². The SMILES string of the molecule is COc1ccc([C@@H]2CC(=O)Nc3c2c(=O)nc(SCc2ccccc2)n3C)cc1O. The van der Waals surface area contributed by atoms with Crippen LogP contribution in [-0.2, 0) is 17.6 Å². The van der Waals surface area contributed by atoms with E-state index in [-0.39, 0.29) is 23.6 Å². The molecular weight excluding hydrogens is 402 g/mol. The molecular formula is C22H21N3O4S. The minimum Gasteiger partial charge on any atom is -0.504 e. The molecule has 2 heterocycles. The Morgan fingerprint density at radius 3 is 2.70 bits per heavy atom. The summed E-state index contributed by atoms with van der Waals surface area (Å²) in [7, 11) is 3.25. The van der Waals surface area contributed by atoms with Crippen LogP contribution in [0.2, 0.25) is 0 Å². The van der Waals surface area contributed by atoms with E-state index in [9.17, 15) is 14.7 Å². The second-order valence-corrected chi connectivity index (χ2v) is 7.97. The van der Waals surface area contributed by atoms with Crippen LogP contribution in [0, 0.1) is 0 Å². The summed E-state index contributed by atoms with van der Waals surface area (Å²) in [6.07, 6.45) is 0.103. The van der Waals surface area contributed by atoms with Crippen LogP contribution in [0.4, 0.5) is 5.82 Å². The van der Waals surface area contributed by atoms with Crippen molar-refractivity contribution in [2.24, 2.45) is 7.05 Å². The highest BCUT2D eigenvalue weighted by Crippen LogP contribution is 2.38. The van der Waals surface area contributed by atoms with Gasteiger partial charge in [0.05, 0.1) is 12.7 Å². The fourth-order valence-electron chi connectivity index (χ4n) is 3.60. The number of anilines is 1. The number of hydrogen-bond donors (Lipinski definition) is 2. The van der Waals surface area contributed by atoms with Gasteiger partial charge in [0, 0.05) is 25.1 Å². The quantitative estimate of drug-likeness (QED) is 0.483. The Hall–Kier alpha value is -3.26. The zero-order chi connectivity index (χ0) is 21.3. The average Bonchev–Trinajstić information content (AvgIpc) is 2.75. The number of carbonyl (C=O) groups excluding carboxylic acids is 1. The normalized spacial score (nSPS) is 15.4. The first-order chi connectivity index (χ1) is 14.5. The largest absolute Gasteiger partial charge is 0.504 e.